The van der Waals surface area contributed by atoms with Gasteiger partial charge in [0, 0.05) is 17.1 Å². The first kappa shape index (κ1) is 13.5. The second-order valence-electron chi connectivity index (χ2n) is 4.65. The number of rotatable bonds is 5. The summed E-state index contributed by atoms with van der Waals surface area (Å²) in [5.41, 5.74) is 0.787. The van der Waals surface area contributed by atoms with Crippen molar-refractivity contribution in [3.63, 3.8) is 0 Å². The van der Waals surface area contributed by atoms with Crippen LogP contribution in [0.1, 0.15) is 25.3 Å². The van der Waals surface area contributed by atoms with Gasteiger partial charge in [0.25, 0.3) is 0 Å². The summed E-state index contributed by atoms with van der Waals surface area (Å²) in [7, 11) is 0. The van der Waals surface area contributed by atoms with E-state index in [1.165, 1.54) is 12.1 Å². The van der Waals surface area contributed by atoms with Crippen LogP contribution in [0.5, 0.6) is 0 Å². The molecule has 18 heavy (non-hydrogen) atoms. The van der Waals surface area contributed by atoms with Gasteiger partial charge in [-0.2, -0.15) is 0 Å². The smallest absolute Gasteiger partial charge is 0.320 e. The molecule has 1 unspecified atom stereocenters. The number of aliphatic carboxylic acids is 1. The standard InChI is InChI=1S/C13H15BrFNO2/c1-8(13(17)18)16(11-3-4-11)7-9-6-10(15)2-5-12(9)14/h2,5-6,8,11H,3-4,7H2,1H3,(H,17,18). The molecule has 1 aromatic carbocycles. The lowest BCUT2D eigenvalue weighted by molar-refractivity contribution is -0.143. The van der Waals surface area contributed by atoms with Crippen LogP contribution in [0.2, 0.25) is 0 Å². The molecule has 0 amide bonds. The van der Waals surface area contributed by atoms with Crippen LogP contribution in [0.15, 0.2) is 22.7 Å². The summed E-state index contributed by atoms with van der Waals surface area (Å²) in [6.45, 7) is 2.13. The van der Waals surface area contributed by atoms with Gasteiger partial charge in [0.15, 0.2) is 0 Å². The van der Waals surface area contributed by atoms with E-state index in [1.54, 1.807) is 13.0 Å². The molecule has 1 saturated carbocycles. The Balaban J connectivity index is 2.18. The monoisotopic (exact) mass is 315 g/mol. The molecule has 5 heteroatoms. The Kier molecular flexibility index (Phi) is 4.02. The maximum Gasteiger partial charge on any atom is 0.320 e. The summed E-state index contributed by atoms with van der Waals surface area (Å²) >= 11 is 3.37. The molecule has 1 atom stereocenters. The minimum atomic E-state index is -0.838. The Hall–Kier alpha value is -0.940. The van der Waals surface area contributed by atoms with E-state index in [9.17, 15) is 9.18 Å². The zero-order chi connectivity index (χ0) is 13.3. The van der Waals surface area contributed by atoms with Crippen LogP contribution in [0.25, 0.3) is 0 Å². The van der Waals surface area contributed by atoms with Gasteiger partial charge in [0.1, 0.15) is 11.9 Å². The second kappa shape index (κ2) is 5.36. The number of nitrogens with zero attached hydrogens (tertiary/aromatic N) is 1. The number of hydrogen-bond donors (Lipinski definition) is 1. The Morgan fingerprint density at radius 1 is 1.61 bits per heavy atom. The van der Waals surface area contributed by atoms with Crippen LogP contribution in [-0.2, 0) is 11.3 Å². The van der Waals surface area contributed by atoms with Gasteiger partial charge >= 0.3 is 5.97 Å². The van der Waals surface area contributed by atoms with Gasteiger partial charge in [-0.05, 0) is 43.5 Å². The van der Waals surface area contributed by atoms with Crippen molar-refractivity contribution in [1.29, 1.82) is 0 Å². The summed E-state index contributed by atoms with van der Waals surface area (Å²) in [6, 6.07) is 4.25. The quantitative estimate of drug-likeness (QED) is 0.908. The van der Waals surface area contributed by atoms with E-state index in [0.717, 1.165) is 22.9 Å². The lowest BCUT2D eigenvalue weighted by Crippen LogP contribution is -2.40. The third-order valence-electron chi connectivity index (χ3n) is 3.23. The predicted molar refractivity (Wildman–Crippen MR) is 69.8 cm³/mol. The molecular formula is C13H15BrFNO2. The summed E-state index contributed by atoms with van der Waals surface area (Å²) < 4.78 is 14.0. The van der Waals surface area contributed by atoms with Crippen molar-refractivity contribution in [2.24, 2.45) is 0 Å². The fourth-order valence-corrected chi connectivity index (χ4v) is 2.36. The van der Waals surface area contributed by atoms with Crippen LogP contribution in [-0.4, -0.2) is 28.1 Å². The number of carboxylic acids is 1. The highest BCUT2D eigenvalue weighted by Gasteiger charge is 2.35. The van der Waals surface area contributed by atoms with E-state index < -0.39 is 12.0 Å². The van der Waals surface area contributed by atoms with Crippen molar-refractivity contribution in [2.75, 3.05) is 0 Å². The fourth-order valence-electron chi connectivity index (χ4n) is 1.99. The summed E-state index contributed by atoms with van der Waals surface area (Å²) in [5.74, 6) is -1.14. The largest absolute Gasteiger partial charge is 0.480 e. The number of halogens is 2. The maximum absolute atomic E-state index is 13.2. The van der Waals surface area contributed by atoms with Gasteiger partial charge in [-0.3, -0.25) is 9.69 Å². The minimum Gasteiger partial charge on any atom is -0.480 e. The second-order valence-corrected chi connectivity index (χ2v) is 5.51. The summed E-state index contributed by atoms with van der Waals surface area (Å²) in [6.07, 6.45) is 2.04. The van der Waals surface area contributed by atoms with E-state index in [1.807, 2.05) is 4.90 Å². The van der Waals surface area contributed by atoms with Crippen LogP contribution in [0, 0.1) is 5.82 Å². The van der Waals surface area contributed by atoms with Crippen LogP contribution in [0.3, 0.4) is 0 Å². The van der Waals surface area contributed by atoms with Crippen molar-refractivity contribution >= 4 is 21.9 Å². The molecule has 1 aliphatic rings. The molecule has 1 fully saturated rings. The van der Waals surface area contributed by atoms with Gasteiger partial charge in [-0.15, -0.1) is 0 Å². The maximum atomic E-state index is 13.2. The van der Waals surface area contributed by atoms with Crippen molar-refractivity contribution in [3.8, 4) is 0 Å². The van der Waals surface area contributed by atoms with Gasteiger partial charge in [-0.1, -0.05) is 15.9 Å². The summed E-state index contributed by atoms with van der Waals surface area (Å²) in [4.78, 5) is 13.0. The molecule has 0 spiro atoms. The lowest BCUT2D eigenvalue weighted by atomic mass is 10.1. The van der Waals surface area contributed by atoms with E-state index in [4.69, 9.17) is 5.11 Å². The normalized spacial score (nSPS) is 16.9. The minimum absolute atomic E-state index is 0.299. The fraction of sp³-hybridized carbons (Fsp3) is 0.462. The number of carboxylic acid groups (broad SMARTS) is 1. The van der Waals surface area contributed by atoms with Crippen LogP contribution < -0.4 is 0 Å². The van der Waals surface area contributed by atoms with E-state index in [2.05, 4.69) is 15.9 Å². The first-order chi connectivity index (χ1) is 8.49. The van der Waals surface area contributed by atoms with Crippen LogP contribution in [0.4, 0.5) is 4.39 Å². The zero-order valence-electron chi connectivity index (χ0n) is 10.1. The van der Waals surface area contributed by atoms with Crippen molar-refractivity contribution in [3.05, 3.63) is 34.1 Å². The van der Waals surface area contributed by atoms with Crippen molar-refractivity contribution in [2.45, 2.75) is 38.4 Å². The molecule has 0 heterocycles. The van der Waals surface area contributed by atoms with Crippen LogP contribution >= 0.6 is 15.9 Å². The molecule has 0 bridgehead atoms. The Labute approximate surface area is 114 Å². The number of carbonyl (C=O) groups is 1. The first-order valence-electron chi connectivity index (χ1n) is 5.91. The third kappa shape index (κ3) is 3.09. The van der Waals surface area contributed by atoms with E-state index >= 15 is 0 Å². The molecular weight excluding hydrogens is 301 g/mol. The number of hydrogen-bond acceptors (Lipinski definition) is 2. The Morgan fingerprint density at radius 3 is 2.83 bits per heavy atom. The predicted octanol–water partition coefficient (Wildman–Crippen LogP) is 3.03. The third-order valence-corrected chi connectivity index (χ3v) is 4.01. The van der Waals surface area contributed by atoms with Crippen molar-refractivity contribution in [1.82, 2.24) is 4.90 Å². The molecule has 98 valence electrons. The topological polar surface area (TPSA) is 40.5 Å². The average Bonchev–Trinajstić information content (AvgIpc) is 3.13. The molecule has 1 aromatic rings. The van der Waals surface area contributed by atoms with E-state index in [-0.39, 0.29) is 5.82 Å². The molecule has 0 aliphatic heterocycles. The van der Waals surface area contributed by atoms with Gasteiger partial charge in [0.2, 0.25) is 0 Å². The highest BCUT2D eigenvalue weighted by atomic mass is 79.9. The van der Waals surface area contributed by atoms with Gasteiger partial charge in [0.05, 0.1) is 0 Å². The highest BCUT2D eigenvalue weighted by Crippen LogP contribution is 2.31. The molecule has 1 N–H and O–H groups in total. The summed E-state index contributed by atoms with van der Waals surface area (Å²) in [5, 5.41) is 9.10. The molecule has 0 aromatic heterocycles. The number of benzene rings is 1. The average molecular weight is 316 g/mol. The van der Waals surface area contributed by atoms with Crippen molar-refractivity contribution < 1.29 is 14.3 Å². The SMILES string of the molecule is CC(C(=O)O)N(Cc1cc(F)ccc1Br)C1CC1. The molecule has 3 nitrogen and oxygen atoms in total. The Bertz CT molecular complexity index is 462. The zero-order valence-corrected chi connectivity index (χ0v) is 11.7. The highest BCUT2D eigenvalue weighted by molar-refractivity contribution is 9.10. The lowest BCUT2D eigenvalue weighted by Gasteiger charge is -2.26. The first-order valence-corrected chi connectivity index (χ1v) is 6.71. The van der Waals surface area contributed by atoms with Gasteiger partial charge < -0.3 is 5.11 Å². The Morgan fingerprint density at radius 2 is 2.28 bits per heavy atom. The molecule has 0 saturated heterocycles. The molecule has 1 aliphatic carbocycles. The van der Waals surface area contributed by atoms with E-state index in [0.29, 0.717) is 12.6 Å². The molecule has 0 radical (unpaired) electrons. The van der Waals surface area contributed by atoms with Gasteiger partial charge in [-0.25, -0.2) is 4.39 Å². The molecule has 2 rings (SSSR count).